The Morgan fingerprint density at radius 1 is 1.40 bits per heavy atom. The van der Waals surface area contributed by atoms with Crippen LogP contribution in [0.2, 0.25) is 0 Å². The van der Waals surface area contributed by atoms with Crippen molar-refractivity contribution in [3.63, 3.8) is 0 Å². The van der Waals surface area contributed by atoms with Crippen LogP contribution in [0, 0.1) is 0 Å². The van der Waals surface area contributed by atoms with Gasteiger partial charge in [-0.3, -0.25) is 0 Å². The highest BCUT2D eigenvalue weighted by atomic mass is 79.9. The molecule has 0 amide bonds. The lowest BCUT2D eigenvalue weighted by molar-refractivity contribution is 0.144. The zero-order chi connectivity index (χ0) is 10.5. The van der Waals surface area contributed by atoms with Gasteiger partial charge in [0.2, 0.25) is 0 Å². The number of nitrogens with zero attached hydrogens (tertiary/aromatic N) is 2. The van der Waals surface area contributed by atoms with Crippen molar-refractivity contribution in [3.8, 4) is 0 Å². The van der Waals surface area contributed by atoms with Crippen molar-refractivity contribution in [2.75, 3.05) is 18.5 Å². The van der Waals surface area contributed by atoms with Gasteiger partial charge in [0.25, 0.3) is 0 Å². The third-order valence-electron chi connectivity index (χ3n) is 2.46. The molecule has 0 saturated carbocycles. The van der Waals surface area contributed by atoms with E-state index in [0.717, 1.165) is 42.8 Å². The van der Waals surface area contributed by atoms with Crippen molar-refractivity contribution in [2.24, 2.45) is 0 Å². The smallest absolute Gasteiger partial charge is 0.143 e. The summed E-state index contributed by atoms with van der Waals surface area (Å²) in [6.45, 7) is 1.71. The number of anilines is 1. The summed E-state index contributed by atoms with van der Waals surface area (Å²) in [7, 11) is 0. The molecule has 1 fully saturated rings. The lowest BCUT2D eigenvalue weighted by Gasteiger charge is -2.16. The van der Waals surface area contributed by atoms with E-state index in [-0.39, 0.29) is 0 Å². The number of ether oxygens (including phenoxy) is 1. The Kier molecular flexibility index (Phi) is 3.91. The topological polar surface area (TPSA) is 47.0 Å². The first kappa shape index (κ1) is 10.8. The summed E-state index contributed by atoms with van der Waals surface area (Å²) in [4.78, 5) is 8.13. The predicted molar refractivity (Wildman–Crippen MR) is 61.8 cm³/mol. The molecule has 2 rings (SSSR count). The van der Waals surface area contributed by atoms with Crippen molar-refractivity contribution < 1.29 is 4.74 Å². The first-order valence-corrected chi connectivity index (χ1v) is 5.95. The molecule has 1 atom stereocenters. The normalized spacial score (nSPS) is 22.1. The van der Waals surface area contributed by atoms with E-state index in [1.165, 1.54) is 0 Å². The Morgan fingerprint density at radius 2 is 2.33 bits per heavy atom. The number of aromatic nitrogens is 2. The van der Waals surface area contributed by atoms with E-state index >= 15 is 0 Å². The van der Waals surface area contributed by atoms with Crippen LogP contribution in [0.3, 0.4) is 0 Å². The van der Waals surface area contributed by atoms with Gasteiger partial charge in [0.1, 0.15) is 12.1 Å². The van der Waals surface area contributed by atoms with Gasteiger partial charge in [-0.15, -0.1) is 0 Å². The van der Waals surface area contributed by atoms with E-state index in [2.05, 4.69) is 31.2 Å². The van der Waals surface area contributed by atoms with Crippen LogP contribution in [-0.4, -0.2) is 29.2 Å². The largest absolute Gasteiger partial charge is 0.381 e. The highest BCUT2D eigenvalue weighted by Gasteiger charge is 2.13. The predicted octanol–water partition coefficient (Wildman–Crippen LogP) is 2.22. The van der Waals surface area contributed by atoms with E-state index in [4.69, 9.17) is 4.74 Å². The van der Waals surface area contributed by atoms with E-state index in [1.54, 1.807) is 12.5 Å². The van der Waals surface area contributed by atoms with Crippen LogP contribution in [-0.2, 0) is 4.74 Å². The molecule has 4 nitrogen and oxygen atoms in total. The minimum atomic E-state index is 0.457. The summed E-state index contributed by atoms with van der Waals surface area (Å²) in [6, 6.07) is 0.457. The second kappa shape index (κ2) is 5.42. The summed E-state index contributed by atoms with van der Waals surface area (Å²) in [6.07, 6.45) is 6.59. The molecule has 1 unspecified atom stereocenters. The highest BCUT2D eigenvalue weighted by molar-refractivity contribution is 9.10. The molecule has 0 aromatic carbocycles. The Bertz CT molecular complexity index is 313. The quantitative estimate of drug-likeness (QED) is 0.896. The standard InChI is InChI=1S/C10H14BrN3O/c11-9-6-12-7-13-10(9)14-8-2-1-4-15-5-3-8/h6-8H,1-5H2,(H,12,13,14). The van der Waals surface area contributed by atoms with Gasteiger partial charge in [-0.05, 0) is 35.2 Å². The van der Waals surface area contributed by atoms with Crippen LogP contribution < -0.4 is 5.32 Å². The molecule has 2 heterocycles. The molecule has 1 aliphatic heterocycles. The molecule has 1 N–H and O–H groups in total. The van der Waals surface area contributed by atoms with Crippen molar-refractivity contribution in [1.82, 2.24) is 9.97 Å². The number of hydrogen-bond donors (Lipinski definition) is 1. The molecule has 1 aromatic heterocycles. The molecule has 1 aliphatic rings. The molecular weight excluding hydrogens is 258 g/mol. The summed E-state index contributed by atoms with van der Waals surface area (Å²) >= 11 is 3.42. The Balaban J connectivity index is 1.98. The monoisotopic (exact) mass is 271 g/mol. The number of hydrogen-bond acceptors (Lipinski definition) is 4. The van der Waals surface area contributed by atoms with Gasteiger partial charge in [0.05, 0.1) is 4.47 Å². The van der Waals surface area contributed by atoms with Crippen LogP contribution >= 0.6 is 15.9 Å². The summed E-state index contributed by atoms with van der Waals surface area (Å²) in [5, 5.41) is 3.41. The second-order valence-electron chi connectivity index (χ2n) is 3.60. The van der Waals surface area contributed by atoms with E-state index < -0.39 is 0 Å². The minimum Gasteiger partial charge on any atom is -0.381 e. The van der Waals surface area contributed by atoms with Gasteiger partial charge in [0, 0.05) is 25.5 Å². The number of rotatable bonds is 2. The maximum Gasteiger partial charge on any atom is 0.143 e. The van der Waals surface area contributed by atoms with Gasteiger partial charge in [-0.1, -0.05) is 0 Å². The van der Waals surface area contributed by atoms with Crippen LogP contribution in [0.4, 0.5) is 5.82 Å². The first-order valence-electron chi connectivity index (χ1n) is 5.16. The van der Waals surface area contributed by atoms with E-state index in [1.807, 2.05) is 0 Å². The van der Waals surface area contributed by atoms with Crippen molar-refractivity contribution in [1.29, 1.82) is 0 Å². The maximum absolute atomic E-state index is 5.41. The molecule has 5 heteroatoms. The van der Waals surface area contributed by atoms with Gasteiger partial charge >= 0.3 is 0 Å². The lowest BCUT2D eigenvalue weighted by atomic mass is 10.1. The molecule has 82 valence electrons. The fraction of sp³-hybridized carbons (Fsp3) is 0.600. The molecule has 1 aromatic rings. The van der Waals surface area contributed by atoms with Gasteiger partial charge < -0.3 is 10.1 Å². The van der Waals surface area contributed by atoms with Gasteiger partial charge in [0.15, 0.2) is 0 Å². The summed E-state index contributed by atoms with van der Waals surface area (Å²) in [5.74, 6) is 0.872. The fourth-order valence-corrected chi connectivity index (χ4v) is 2.00. The minimum absolute atomic E-state index is 0.457. The Hall–Kier alpha value is -0.680. The highest BCUT2D eigenvalue weighted by Crippen LogP contribution is 2.20. The average molecular weight is 272 g/mol. The molecule has 0 radical (unpaired) electrons. The molecule has 1 saturated heterocycles. The molecule has 15 heavy (non-hydrogen) atoms. The first-order chi connectivity index (χ1) is 7.36. The third kappa shape index (κ3) is 3.14. The SMILES string of the molecule is Brc1cncnc1NC1CCCOCC1. The Labute approximate surface area is 97.6 Å². The lowest BCUT2D eigenvalue weighted by Crippen LogP contribution is -2.20. The maximum atomic E-state index is 5.41. The Morgan fingerprint density at radius 3 is 3.20 bits per heavy atom. The molecular formula is C10H14BrN3O. The molecule has 0 spiro atoms. The average Bonchev–Trinajstić information content (AvgIpc) is 2.50. The fourth-order valence-electron chi connectivity index (χ4n) is 1.66. The zero-order valence-electron chi connectivity index (χ0n) is 8.45. The number of halogens is 1. The van der Waals surface area contributed by atoms with Gasteiger partial charge in [-0.25, -0.2) is 9.97 Å². The van der Waals surface area contributed by atoms with Crippen molar-refractivity contribution >= 4 is 21.7 Å². The summed E-state index contributed by atoms with van der Waals surface area (Å²) in [5.41, 5.74) is 0. The number of nitrogens with one attached hydrogen (secondary N) is 1. The molecule has 0 aliphatic carbocycles. The molecule has 0 bridgehead atoms. The van der Waals surface area contributed by atoms with Crippen LogP contribution in [0.15, 0.2) is 17.0 Å². The van der Waals surface area contributed by atoms with Crippen LogP contribution in [0.5, 0.6) is 0 Å². The van der Waals surface area contributed by atoms with Crippen LogP contribution in [0.25, 0.3) is 0 Å². The van der Waals surface area contributed by atoms with Crippen LogP contribution in [0.1, 0.15) is 19.3 Å². The van der Waals surface area contributed by atoms with E-state index in [0.29, 0.717) is 6.04 Å². The van der Waals surface area contributed by atoms with Crippen molar-refractivity contribution in [3.05, 3.63) is 17.0 Å². The zero-order valence-corrected chi connectivity index (χ0v) is 10.0. The van der Waals surface area contributed by atoms with Crippen molar-refractivity contribution in [2.45, 2.75) is 25.3 Å². The third-order valence-corrected chi connectivity index (χ3v) is 3.04. The van der Waals surface area contributed by atoms with Gasteiger partial charge in [-0.2, -0.15) is 0 Å². The second-order valence-corrected chi connectivity index (χ2v) is 4.46. The van der Waals surface area contributed by atoms with E-state index in [9.17, 15) is 0 Å². The summed E-state index contributed by atoms with van der Waals surface area (Å²) < 4.78 is 6.32.